The summed E-state index contributed by atoms with van der Waals surface area (Å²) in [6.07, 6.45) is 0.713. The first-order valence-corrected chi connectivity index (χ1v) is 11.1. The maximum absolute atomic E-state index is 13.4. The molecule has 0 aliphatic carbocycles. The number of fused-ring (bicyclic) bond motifs is 4. The average molecular weight is 423 g/mol. The molecule has 0 saturated carbocycles. The van der Waals surface area contributed by atoms with Gasteiger partial charge >= 0.3 is 0 Å². The highest BCUT2D eigenvalue weighted by Gasteiger charge is 2.46. The Labute approximate surface area is 183 Å². The molecule has 164 valence electrons. The molecule has 2 aromatic carbocycles. The highest BCUT2D eigenvalue weighted by atomic mass is 16.5. The van der Waals surface area contributed by atoms with Gasteiger partial charge in [0.1, 0.15) is 0 Å². The van der Waals surface area contributed by atoms with Gasteiger partial charge in [-0.25, -0.2) is 0 Å². The number of amides is 2. The predicted molar refractivity (Wildman–Crippen MR) is 119 cm³/mol. The van der Waals surface area contributed by atoms with Gasteiger partial charge in [-0.2, -0.15) is 0 Å². The van der Waals surface area contributed by atoms with Crippen LogP contribution in [0.1, 0.15) is 66.7 Å². The maximum atomic E-state index is 13.4. The third kappa shape index (κ3) is 3.75. The van der Waals surface area contributed by atoms with Gasteiger partial charge < -0.3 is 19.7 Å². The van der Waals surface area contributed by atoms with Crippen LogP contribution in [0.3, 0.4) is 0 Å². The molecule has 2 aliphatic rings. The standard InChI is InChI=1S/C25H30N2O4/c1-5-30-20-13-16-11-12-27-23(19(16)14-21(20)31-6-2)22(24(28)26-15(3)4)17-9-7-8-10-18(17)25(27)29/h7-10,13-15,22-23H,5-6,11-12H2,1-4H3,(H,26,28). The molecule has 0 fully saturated rings. The number of carbonyl (C=O) groups excluding carboxylic acids is 2. The van der Waals surface area contributed by atoms with Crippen LogP contribution in [-0.4, -0.2) is 42.5 Å². The zero-order valence-electron chi connectivity index (χ0n) is 18.6. The Balaban J connectivity index is 1.89. The Kier molecular flexibility index (Phi) is 5.90. The van der Waals surface area contributed by atoms with E-state index in [0.29, 0.717) is 43.2 Å². The summed E-state index contributed by atoms with van der Waals surface area (Å²) in [6.45, 7) is 9.39. The number of nitrogens with one attached hydrogen (secondary N) is 1. The molecule has 2 aliphatic heterocycles. The lowest BCUT2D eigenvalue weighted by atomic mass is 9.75. The molecule has 1 N–H and O–H groups in total. The topological polar surface area (TPSA) is 67.9 Å². The Hall–Kier alpha value is -3.02. The summed E-state index contributed by atoms with van der Waals surface area (Å²) >= 11 is 0. The smallest absolute Gasteiger partial charge is 0.254 e. The van der Waals surface area contributed by atoms with E-state index in [2.05, 4.69) is 5.32 Å². The SMILES string of the molecule is CCOc1cc2c(cc1OCC)C1C(C(=O)NC(C)C)c3ccccc3C(=O)N1CC2. The molecule has 31 heavy (non-hydrogen) atoms. The molecule has 2 heterocycles. The predicted octanol–water partition coefficient (Wildman–Crippen LogP) is 3.85. The van der Waals surface area contributed by atoms with Gasteiger partial charge in [0.25, 0.3) is 5.91 Å². The van der Waals surface area contributed by atoms with Gasteiger partial charge in [-0.05, 0) is 69.0 Å². The number of ether oxygens (including phenoxy) is 2. The van der Waals surface area contributed by atoms with Crippen molar-refractivity contribution in [1.82, 2.24) is 10.2 Å². The lowest BCUT2D eigenvalue weighted by Gasteiger charge is -2.45. The normalized spacial score (nSPS) is 19.4. The zero-order valence-corrected chi connectivity index (χ0v) is 18.6. The minimum absolute atomic E-state index is 0.00752. The minimum Gasteiger partial charge on any atom is -0.490 e. The summed E-state index contributed by atoms with van der Waals surface area (Å²) in [6, 6.07) is 11.1. The first kappa shape index (κ1) is 21.2. The van der Waals surface area contributed by atoms with Crippen molar-refractivity contribution in [3.05, 3.63) is 58.7 Å². The van der Waals surface area contributed by atoms with E-state index in [4.69, 9.17) is 9.47 Å². The summed E-state index contributed by atoms with van der Waals surface area (Å²) in [4.78, 5) is 28.6. The van der Waals surface area contributed by atoms with Crippen LogP contribution in [-0.2, 0) is 11.2 Å². The highest BCUT2D eigenvalue weighted by Crippen LogP contribution is 2.48. The van der Waals surface area contributed by atoms with Gasteiger partial charge in [0.15, 0.2) is 11.5 Å². The van der Waals surface area contributed by atoms with Crippen LogP contribution in [0.5, 0.6) is 11.5 Å². The van der Waals surface area contributed by atoms with E-state index in [1.807, 2.05) is 69.0 Å². The maximum Gasteiger partial charge on any atom is 0.254 e. The summed E-state index contributed by atoms with van der Waals surface area (Å²) in [7, 11) is 0. The molecule has 0 aromatic heterocycles. The minimum atomic E-state index is -0.484. The van der Waals surface area contributed by atoms with Gasteiger partial charge in [0.05, 0.1) is 25.2 Å². The molecule has 2 atom stereocenters. The molecule has 6 heteroatoms. The third-order valence-electron chi connectivity index (χ3n) is 5.90. The van der Waals surface area contributed by atoms with Crippen molar-refractivity contribution < 1.29 is 19.1 Å². The molecular formula is C25H30N2O4. The fourth-order valence-corrected chi connectivity index (χ4v) is 4.73. The molecule has 4 rings (SSSR count). The Bertz CT molecular complexity index is 1000. The molecule has 0 spiro atoms. The summed E-state index contributed by atoms with van der Waals surface area (Å²) < 4.78 is 11.7. The monoisotopic (exact) mass is 422 g/mol. The second kappa shape index (κ2) is 8.61. The first-order valence-electron chi connectivity index (χ1n) is 11.1. The van der Waals surface area contributed by atoms with Crippen LogP contribution in [0, 0.1) is 0 Å². The lowest BCUT2D eigenvalue weighted by Crippen LogP contribution is -2.50. The number of rotatable bonds is 6. The molecule has 0 radical (unpaired) electrons. The van der Waals surface area contributed by atoms with Crippen LogP contribution in [0.15, 0.2) is 36.4 Å². The Morgan fingerprint density at radius 2 is 1.77 bits per heavy atom. The number of hydrogen-bond donors (Lipinski definition) is 1. The zero-order chi connectivity index (χ0) is 22.1. The number of nitrogens with zero attached hydrogens (tertiary/aromatic N) is 1. The second-order valence-electron chi connectivity index (χ2n) is 8.29. The second-order valence-corrected chi connectivity index (χ2v) is 8.29. The van der Waals surface area contributed by atoms with E-state index >= 15 is 0 Å². The fourth-order valence-electron chi connectivity index (χ4n) is 4.73. The van der Waals surface area contributed by atoms with Crippen molar-refractivity contribution in [3.8, 4) is 11.5 Å². The van der Waals surface area contributed by atoms with Crippen molar-refractivity contribution in [2.75, 3.05) is 19.8 Å². The highest BCUT2D eigenvalue weighted by molar-refractivity contribution is 6.01. The van der Waals surface area contributed by atoms with Crippen molar-refractivity contribution in [1.29, 1.82) is 0 Å². The van der Waals surface area contributed by atoms with Crippen LogP contribution >= 0.6 is 0 Å². The van der Waals surface area contributed by atoms with Crippen molar-refractivity contribution in [3.63, 3.8) is 0 Å². The lowest BCUT2D eigenvalue weighted by molar-refractivity contribution is -0.124. The molecule has 6 nitrogen and oxygen atoms in total. The molecular weight excluding hydrogens is 392 g/mol. The third-order valence-corrected chi connectivity index (χ3v) is 5.90. The van der Waals surface area contributed by atoms with Crippen molar-refractivity contribution >= 4 is 11.8 Å². The van der Waals surface area contributed by atoms with E-state index in [0.717, 1.165) is 16.7 Å². The van der Waals surface area contributed by atoms with Crippen LogP contribution in [0.4, 0.5) is 0 Å². The number of hydrogen-bond acceptors (Lipinski definition) is 4. The average Bonchev–Trinajstić information content (AvgIpc) is 2.74. The summed E-state index contributed by atoms with van der Waals surface area (Å²) in [5.41, 5.74) is 3.46. The van der Waals surface area contributed by atoms with Gasteiger partial charge in [0.2, 0.25) is 5.91 Å². The van der Waals surface area contributed by atoms with Gasteiger partial charge in [-0.3, -0.25) is 9.59 Å². The van der Waals surface area contributed by atoms with Crippen LogP contribution in [0.25, 0.3) is 0 Å². The fraction of sp³-hybridized carbons (Fsp3) is 0.440. The molecule has 2 amide bonds. The van der Waals surface area contributed by atoms with E-state index in [9.17, 15) is 9.59 Å². The molecule has 2 unspecified atom stereocenters. The Morgan fingerprint density at radius 3 is 2.45 bits per heavy atom. The van der Waals surface area contributed by atoms with E-state index in [1.165, 1.54) is 0 Å². The van der Waals surface area contributed by atoms with E-state index in [1.54, 1.807) is 0 Å². The van der Waals surface area contributed by atoms with Gasteiger partial charge in [-0.15, -0.1) is 0 Å². The van der Waals surface area contributed by atoms with Gasteiger partial charge in [-0.1, -0.05) is 18.2 Å². The largest absolute Gasteiger partial charge is 0.490 e. The quantitative estimate of drug-likeness (QED) is 0.768. The first-order chi connectivity index (χ1) is 15.0. The van der Waals surface area contributed by atoms with Crippen molar-refractivity contribution in [2.45, 2.75) is 52.1 Å². The summed E-state index contributed by atoms with van der Waals surface area (Å²) in [5, 5.41) is 3.07. The van der Waals surface area contributed by atoms with Crippen LogP contribution in [0.2, 0.25) is 0 Å². The molecule has 0 bridgehead atoms. The van der Waals surface area contributed by atoms with E-state index in [-0.39, 0.29) is 23.9 Å². The number of benzene rings is 2. The van der Waals surface area contributed by atoms with Crippen molar-refractivity contribution in [2.24, 2.45) is 0 Å². The molecule has 0 saturated heterocycles. The van der Waals surface area contributed by atoms with Gasteiger partial charge in [0, 0.05) is 18.2 Å². The van der Waals surface area contributed by atoms with E-state index < -0.39 is 5.92 Å². The van der Waals surface area contributed by atoms with Crippen LogP contribution < -0.4 is 14.8 Å². The summed E-state index contributed by atoms with van der Waals surface area (Å²) in [5.74, 6) is 0.792. The molecule has 2 aromatic rings. The number of carbonyl (C=O) groups is 2. The Morgan fingerprint density at radius 1 is 1.10 bits per heavy atom.